The summed E-state index contributed by atoms with van der Waals surface area (Å²) in [4.78, 5) is 25.0. The molecule has 0 amide bonds. The molecule has 0 saturated heterocycles. The number of aryl methyl sites for hydroxylation is 1. The number of rotatable bonds is 14. The number of hydrogen-bond acceptors (Lipinski definition) is 3. The molecule has 2 aromatic heterocycles. The second-order valence-corrected chi connectivity index (χ2v) is 12.8. The molecule has 232 valence electrons. The first kappa shape index (κ1) is 31.8. The molecule has 0 aliphatic rings. The molecule has 5 rings (SSSR count). The highest BCUT2D eigenvalue weighted by Crippen LogP contribution is 2.31. The third-order valence-electron chi connectivity index (χ3n) is 8.03. The van der Waals surface area contributed by atoms with Crippen molar-refractivity contribution in [3.05, 3.63) is 142 Å². The van der Waals surface area contributed by atoms with Crippen LogP contribution in [0.5, 0.6) is 5.75 Å². The van der Waals surface area contributed by atoms with Gasteiger partial charge in [0.1, 0.15) is 11.9 Å². The van der Waals surface area contributed by atoms with Crippen molar-refractivity contribution in [2.24, 2.45) is 11.8 Å². The Balaban J connectivity index is 1.44. The third kappa shape index (κ3) is 8.10. The first-order valence-corrected chi connectivity index (χ1v) is 16.0. The molecule has 0 aliphatic heterocycles. The van der Waals surface area contributed by atoms with Crippen LogP contribution in [0.25, 0.3) is 5.52 Å². The molecule has 0 spiro atoms. The predicted molar refractivity (Wildman–Crippen MR) is 180 cm³/mol. The van der Waals surface area contributed by atoms with Gasteiger partial charge in [0.05, 0.1) is 5.69 Å². The summed E-state index contributed by atoms with van der Waals surface area (Å²) in [6.45, 7) is 8.90. The van der Waals surface area contributed by atoms with E-state index in [1.165, 1.54) is 11.1 Å². The highest BCUT2D eigenvalue weighted by molar-refractivity contribution is 6.09. The van der Waals surface area contributed by atoms with E-state index < -0.39 is 5.97 Å². The summed E-state index contributed by atoms with van der Waals surface area (Å²) < 4.78 is 8.60. The molecular formula is C40H43NO4. The largest absolute Gasteiger partial charge is 0.481 e. The number of ketones is 1. The van der Waals surface area contributed by atoms with E-state index in [0.29, 0.717) is 41.7 Å². The lowest BCUT2D eigenvalue weighted by molar-refractivity contribution is -0.137. The fourth-order valence-electron chi connectivity index (χ4n) is 5.95. The molecule has 0 bridgehead atoms. The lowest BCUT2D eigenvalue weighted by atomic mass is 9.95. The Hall–Kier alpha value is -4.64. The topological polar surface area (TPSA) is 68.0 Å². The zero-order valence-electron chi connectivity index (χ0n) is 26.7. The van der Waals surface area contributed by atoms with Crippen molar-refractivity contribution in [3.8, 4) is 5.75 Å². The molecule has 0 atom stereocenters. The fourth-order valence-corrected chi connectivity index (χ4v) is 5.95. The van der Waals surface area contributed by atoms with Gasteiger partial charge in [0.2, 0.25) is 5.78 Å². The number of benzene rings is 3. The second kappa shape index (κ2) is 14.4. The van der Waals surface area contributed by atoms with Gasteiger partial charge in [0.15, 0.2) is 0 Å². The number of carboxylic acids is 1. The standard InChI is InChI=1S/C40H43NO4/c1-27(2)23-29-14-18-31(19-15-29)40(32-20-16-30(17-21-32)24-28(3)4)45-35-11-7-10-34(25-35)39(44)37-26-33(9-8-13-38(42)43)36-12-5-6-22-41(36)37/h5-7,10-12,14-22,25-28,40H,8-9,13,23-24H2,1-4H3,(H,42,43). The zero-order chi connectivity index (χ0) is 31.9. The SMILES string of the molecule is CC(C)Cc1ccc(C(Oc2cccc(C(=O)c3cc(CCCC(=O)O)c4ccccn34)c2)c2ccc(CC(C)C)cc2)cc1. The van der Waals surface area contributed by atoms with Crippen LogP contribution in [0, 0.1) is 11.8 Å². The van der Waals surface area contributed by atoms with E-state index in [4.69, 9.17) is 9.84 Å². The van der Waals surface area contributed by atoms with E-state index in [0.717, 1.165) is 35.0 Å². The van der Waals surface area contributed by atoms with Gasteiger partial charge >= 0.3 is 5.97 Å². The van der Waals surface area contributed by atoms with Crippen molar-refractivity contribution in [2.75, 3.05) is 0 Å². The molecule has 5 aromatic rings. The van der Waals surface area contributed by atoms with Gasteiger partial charge in [-0.2, -0.15) is 0 Å². The van der Waals surface area contributed by atoms with Crippen molar-refractivity contribution < 1.29 is 19.4 Å². The van der Waals surface area contributed by atoms with Gasteiger partial charge in [-0.1, -0.05) is 94.4 Å². The number of carbonyl (C=O) groups excluding carboxylic acids is 1. The maximum Gasteiger partial charge on any atom is 0.303 e. The zero-order valence-corrected chi connectivity index (χ0v) is 26.7. The summed E-state index contributed by atoms with van der Waals surface area (Å²) in [5.74, 6) is 0.845. The number of ether oxygens (including phenoxy) is 1. The summed E-state index contributed by atoms with van der Waals surface area (Å²) >= 11 is 0. The molecule has 0 saturated carbocycles. The Labute approximate surface area is 266 Å². The maximum absolute atomic E-state index is 13.9. The van der Waals surface area contributed by atoms with E-state index in [-0.39, 0.29) is 18.3 Å². The van der Waals surface area contributed by atoms with Gasteiger partial charge < -0.3 is 14.2 Å². The minimum absolute atomic E-state index is 0.0922. The smallest absolute Gasteiger partial charge is 0.303 e. The van der Waals surface area contributed by atoms with Gasteiger partial charge in [-0.05, 0) is 95.7 Å². The summed E-state index contributed by atoms with van der Waals surface area (Å²) in [5, 5.41) is 9.10. The number of hydrogen-bond donors (Lipinski definition) is 1. The average Bonchev–Trinajstić information content (AvgIpc) is 3.38. The number of aromatic nitrogens is 1. The number of fused-ring (bicyclic) bond motifs is 1. The quantitative estimate of drug-likeness (QED) is 0.129. The minimum atomic E-state index is -0.817. The number of carboxylic acid groups (broad SMARTS) is 1. The summed E-state index contributed by atoms with van der Waals surface area (Å²) in [7, 11) is 0. The van der Waals surface area contributed by atoms with E-state index in [2.05, 4.69) is 76.2 Å². The molecule has 0 aliphatic carbocycles. The Morgan fingerprint density at radius 1 is 0.756 bits per heavy atom. The lowest BCUT2D eigenvalue weighted by Crippen LogP contribution is -2.11. The van der Waals surface area contributed by atoms with Gasteiger partial charge in [-0.15, -0.1) is 0 Å². The van der Waals surface area contributed by atoms with Gasteiger partial charge in [-0.25, -0.2) is 0 Å². The highest BCUT2D eigenvalue weighted by Gasteiger charge is 2.20. The van der Waals surface area contributed by atoms with Crippen LogP contribution in [0.2, 0.25) is 0 Å². The van der Waals surface area contributed by atoms with Crippen molar-refractivity contribution in [3.63, 3.8) is 0 Å². The monoisotopic (exact) mass is 601 g/mol. The maximum atomic E-state index is 13.9. The number of aliphatic carboxylic acids is 1. The molecule has 3 aromatic carbocycles. The molecular weight excluding hydrogens is 558 g/mol. The van der Waals surface area contributed by atoms with Crippen LogP contribution < -0.4 is 4.74 Å². The predicted octanol–water partition coefficient (Wildman–Crippen LogP) is 9.14. The highest BCUT2D eigenvalue weighted by atomic mass is 16.5. The van der Waals surface area contributed by atoms with Crippen molar-refractivity contribution >= 4 is 17.3 Å². The van der Waals surface area contributed by atoms with E-state index in [1.54, 1.807) is 0 Å². The molecule has 0 fully saturated rings. The van der Waals surface area contributed by atoms with Crippen LogP contribution in [0.1, 0.15) is 90.5 Å². The first-order valence-electron chi connectivity index (χ1n) is 16.0. The average molecular weight is 602 g/mol. The number of carbonyl (C=O) groups is 2. The number of nitrogens with zero attached hydrogens (tertiary/aromatic N) is 1. The fraction of sp³-hybridized carbons (Fsp3) is 0.300. The Bertz CT molecular complexity index is 1690. The molecule has 2 heterocycles. The van der Waals surface area contributed by atoms with Crippen LogP contribution in [0.4, 0.5) is 0 Å². The van der Waals surface area contributed by atoms with Crippen LogP contribution in [-0.2, 0) is 24.1 Å². The van der Waals surface area contributed by atoms with Crippen LogP contribution in [0.15, 0.2) is 103 Å². The Morgan fingerprint density at radius 3 is 1.96 bits per heavy atom. The van der Waals surface area contributed by atoms with Crippen LogP contribution in [0.3, 0.4) is 0 Å². The summed E-state index contributed by atoms with van der Waals surface area (Å²) in [6, 6.07) is 32.4. The Morgan fingerprint density at radius 2 is 1.38 bits per heavy atom. The third-order valence-corrected chi connectivity index (χ3v) is 8.03. The molecule has 0 unspecified atom stereocenters. The van der Waals surface area contributed by atoms with Crippen molar-refractivity contribution in [1.29, 1.82) is 0 Å². The normalized spacial score (nSPS) is 11.5. The number of pyridine rings is 1. The van der Waals surface area contributed by atoms with Gasteiger partial charge in [0, 0.05) is 23.7 Å². The molecule has 5 heteroatoms. The van der Waals surface area contributed by atoms with Gasteiger partial charge in [0.25, 0.3) is 0 Å². The van der Waals surface area contributed by atoms with Gasteiger partial charge in [-0.3, -0.25) is 9.59 Å². The lowest BCUT2D eigenvalue weighted by Gasteiger charge is -2.21. The summed E-state index contributed by atoms with van der Waals surface area (Å²) in [5.41, 5.74) is 7.68. The van der Waals surface area contributed by atoms with Crippen molar-refractivity contribution in [2.45, 2.75) is 65.9 Å². The van der Waals surface area contributed by atoms with Crippen LogP contribution in [-0.4, -0.2) is 21.3 Å². The molecule has 45 heavy (non-hydrogen) atoms. The first-order chi connectivity index (χ1) is 21.7. The van der Waals surface area contributed by atoms with E-state index >= 15 is 0 Å². The van der Waals surface area contributed by atoms with Crippen molar-refractivity contribution in [1.82, 2.24) is 4.40 Å². The molecule has 5 nitrogen and oxygen atoms in total. The summed E-state index contributed by atoms with van der Waals surface area (Å²) in [6.07, 6.45) is 4.78. The molecule has 1 N–H and O–H groups in total. The second-order valence-electron chi connectivity index (χ2n) is 12.8. The van der Waals surface area contributed by atoms with E-state index in [1.807, 2.05) is 59.1 Å². The van der Waals surface area contributed by atoms with Crippen LogP contribution >= 0.6 is 0 Å². The molecule has 0 radical (unpaired) electrons. The van der Waals surface area contributed by atoms with E-state index in [9.17, 15) is 9.59 Å². The minimum Gasteiger partial charge on any atom is -0.481 e. The Kier molecular flexibility index (Phi) is 10.2.